The van der Waals surface area contributed by atoms with E-state index in [1.54, 1.807) is 0 Å². The molecule has 29 heavy (non-hydrogen) atoms. The van der Waals surface area contributed by atoms with E-state index in [0.29, 0.717) is 0 Å². The van der Waals surface area contributed by atoms with Crippen LogP contribution in [-0.2, 0) is 16.0 Å². The first-order valence-electron chi connectivity index (χ1n) is 9.86. The van der Waals surface area contributed by atoms with Crippen LogP contribution in [0.2, 0.25) is 0 Å². The SMILES string of the molecule is CN(CC#CCCC1SCCCS1)CCCCc1ccccc1.O=C(O)C(=O)O. The first kappa shape index (κ1) is 25.4. The van der Waals surface area contributed by atoms with Crippen molar-refractivity contribution in [3.05, 3.63) is 35.9 Å². The van der Waals surface area contributed by atoms with Crippen LogP contribution in [0.15, 0.2) is 30.3 Å². The number of rotatable bonds is 8. The van der Waals surface area contributed by atoms with E-state index < -0.39 is 11.9 Å². The summed E-state index contributed by atoms with van der Waals surface area (Å²) in [6.07, 6.45) is 7.40. The zero-order chi connectivity index (χ0) is 21.3. The zero-order valence-electron chi connectivity index (χ0n) is 17.0. The summed E-state index contributed by atoms with van der Waals surface area (Å²) in [5, 5.41) is 14.8. The fraction of sp³-hybridized carbons (Fsp3) is 0.545. The maximum absolute atomic E-state index is 9.10. The van der Waals surface area contributed by atoms with Crippen molar-refractivity contribution in [2.45, 2.75) is 43.1 Å². The number of aryl methyl sites for hydroxylation is 1. The molecule has 0 aromatic heterocycles. The van der Waals surface area contributed by atoms with Crippen LogP contribution in [0.25, 0.3) is 0 Å². The molecule has 0 spiro atoms. The lowest BCUT2D eigenvalue weighted by atomic mass is 10.1. The van der Waals surface area contributed by atoms with Gasteiger partial charge in [-0.25, -0.2) is 9.59 Å². The van der Waals surface area contributed by atoms with Crippen molar-refractivity contribution in [3.63, 3.8) is 0 Å². The maximum atomic E-state index is 9.10. The molecule has 0 bridgehead atoms. The lowest BCUT2D eigenvalue weighted by molar-refractivity contribution is -0.159. The molecule has 1 aliphatic heterocycles. The Hall–Kier alpha value is -1.62. The molecule has 1 aromatic rings. The van der Waals surface area contributed by atoms with E-state index in [-0.39, 0.29) is 0 Å². The fourth-order valence-corrected chi connectivity index (χ4v) is 5.47. The summed E-state index contributed by atoms with van der Waals surface area (Å²) < 4.78 is 0.800. The van der Waals surface area contributed by atoms with Gasteiger partial charge in [-0.1, -0.05) is 36.3 Å². The van der Waals surface area contributed by atoms with Crippen LogP contribution in [0.1, 0.15) is 37.7 Å². The van der Waals surface area contributed by atoms with Crippen LogP contribution in [0.4, 0.5) is 0 Å². The van der Waals surface area contributed by atoms with Crippen molar-refractivity contribution >= 4 is 35.5 Å². The molecule has 2 N–H and O–H groups in total. The van der Waals surface area contributed by atoms with Crippen LogP contribution < -0.4 is 0 Å². The Morgan fingerprint density at radius 3 is 2.34 bits per heavy atom. The molecule has 1 aromatic carbocycles. The number of carboxylic acids is 2. The third-order valence-electron chi connectivity index (χ3n) is 4.16. The number of thioether (sulfide) groups is 2. The van der Waals surface area contributed by atoms with Crippen molar-refractivity contribution in [2.24, 2.45) is 0 Å². The number of hydrogen-bond donors (Lipinski definition) is 2. The minimum absolute atomic E-state index is 0.800. The van der Waals surface area contributed by atoms with Crippen molar-refractivity contribution in [1.82, 2.24) is 4.90 Å². The highest BCUT2D eigenvalue weighted by atomic mass is 32.2. The molecule has 1 aliphatic rings. The quantitative estimate of drug-likeness (QED) is 0.360. The second-order valence-electron chi connectivity index (χ2n) is 6.71. The Balaban J connectivity index is 0.000000612. The molecule has 160 valence electrons. The van der Waals surface area contributed by atoms with Crippen LogP contribution in [0, 0.1) is 11.8 Å². The molecule has 1 fully saturated rings. The van der Waals surface area contributed by atoms with E-state index in [2.05, 4.69) is 77.6 Å². The second-order valence-corrected chi connectivity index (χ2v) is 9.63. The minimum Gasteiger partial charge on any atom is -0.473 e. The number of carbonyl (C=O) groups is 2. The van der Waals surface area contributed by atoms with Crippen LogP contribution in [0.3, 0.4) is 0 Å². The smallest absolute Gasteiger partial charge is 0.414 e. The molecule has 0 radical (unpaired) electrons. The third kappa shape index (κ3) is 14.1. The largest absolute Gasteiger partial charge is 0.473 e. The second kappa shape index (κ2) is 16.2. The van der Waals surface area contributed by atoms with Gasteiger partial charge >= 0.3 is 11.9 Å². The average molecular weight is 438 g/mol. The molecular weight excluding hydrogens is 406 g/mol. The van der Waals surface area contributed by atoms with Gasteiger partial charge in [-0.15, -0.1) is 29.4 Å². The highest BCUT2D eigenvalue weighted by Gasteiger charge is 2.12. The molecule has 5 nitrogen and oxygen atoms in total. The van der Waals surface area contributed by atoms with E-state index in [0.717, 1.165) is 24.1 Å². The Morgan fingerprint density at radius 1 is 1.07 bits per heavy atom. The minimum atomic E-state index is -1.82. The highest BCUT2D eigenvalue weighted by Crippen LogP contribution is 2.33. The Morgan fingerprint density at radius 2 is 1.72 bits per heavy atom. The van der Waals surface area contributed by atoms with Gasteiger partial charge in [0.25, 0.3) is 0 Å². The first-order valence-corrected chi connectivity index (χ1v) is 12.0. The van der Waals surface area contributed by atoms with Crippen molar-refractivity contribution in [2.75, 3.05) is 31.6 Å². The number of aliphatic carboxylic acids is 2. The Kier molecular flexibility index (Phi) is 14.2. The van der Waals surface area contributed by atoms with Gasteiger partial charge in [-0.2, -0.15) is 0 Å². The molecule has 0 amide bonds. The topological polar surface area (TPSA) is 77.8 Å². The van der Waals surface area contributed by atoms with Crippen molar-refractivity contribution in [1.29, 1.82) is 0 Å². The standard InChI is InChI=1S/C20H29NS2.C2H2O4/c1-21(16-9-7-13-19-11-4-2-5-12-19)15-8-3-6-14-20-22-17-10-18-23-20;3-1(4)2(5)6/h2,4-5,11-12,20H,6-7,9-10,13-18H2,1H3;(H,3,4)(H,5,6). The summed E-state index contributed by atoms with van der Waals surface area (Å²) in [6, 6.07) is 10.8. The van der Waals surface area contributed by atoms with Gasteiger partial charge in [-0.05, 0) is 62.8 Å². The van der Waals surface area contributed by atoms with Crippen LogP contribution in [-0.4, -0.2) is 63.3 Å². The highest BCUT2D eigenvalue weighted by molar-refractivity contribution is 8.17. The zero-order valence-corrected chi connectivity index (χ0v) is 18.6. The van der Waals surface area contributed by atoms with Gasteiger partial charge in [0.15, 0.2) is 0 Å². The van der Waals surface area contributed by atoms with Gasteiger partial charge in [0.1, 0.15) is 0 Å². The van der Waals surface area contributed by atoms with Gasteiger partial charge < -0.3 is 10.2 Å². The van der Waals surface area contributed by atoms with E-state index in [4.69, 9.17) is 19.8 Å². The molecule has 0 saturated carbocycles. The first-order chi connectivity index (χ1) is 14.0. The van der Waals surface area contributed by atoms with Gasteiger partial charge in [0.05, 0.1) is 11.1 Å². The number of benzene rings is 1. The number of unbranched alkanes of at least 4 members (excludes halogenated alkanes) is 1. The van der Waals surface area contributed by atoms with Crippen LogP contribution >= 0.6 is 23.5 Å². The van der Waals surface area contributed by atoms with E-state index >= 15 is 0 Å². The van der Waals surface area contributed by atoms with Crippen LogP contribution in [0.5, 0.6) is 0 Å². The summed E-state index contributed by atoms with van der Waals surface area (Å²) in [6.45, 7) is 2.06. The molecule has 1 saturated heterocycles. The van der Waals surface area contributed by atoms with Gasteiger partial charge in [0.2, 0.25) is 0 Å². The molecule has 7 heteroatoms. The molecule has 2 rings (SSSR count). The number of nitrogens with zero attached hydrogens (tertiary/aromatic N) is 1. The molecule has 0 atom stereocenters. The maximum Gasteiger partial charge on any atom is 0.414 e. The molecular formula is C22H31NO4S2. The predicted octanol–water partition coefficient (Wildman–Crippen LogP) is 4.08. The summed E-state index contributed by atoms with van der Waals surface area (Å²) in [4.78, 5) is 20.5. The monoisotopic (exact) mass is 437 g/mol. The lowest BCUT2D eigenvalue weighted by Crippen LogP contribution is -2.20. The summed E-state index contributed by atoms with van der Waals surface area (Å²) in [5.74, 6) is 5.74. The van der Waals surface area contributed by atoms with E-state index in [1.165, 1.54) is 49.2 Å². The normalized spacial score (nSPS) is 13.7. The Labute approximate surface area is 182 Å². The molecule has 0 aliphatic carbocycles. The number of carboxylic acid groups (broad SMARTS) is 2. The summed E-state index contributed by atoms with van der Waals surface area (Å²) in [7, 11) is 2.18. The van der Waals surface area contributed by atoms with Crippen molar-refractivity contribution < 1.29 is 19.8 Å². The number of hydrogen-bond acceptors (Lipinski definition) is 5. The van der Waals surface area contributed by atoms with Gasteiger partial charge in [0, 0.05) is 6.42 Å². The van der Waals surface area contributed by atoms with Gasteiger partial charge in [-0.3, -0.25) is 4.90 Å². The van der Waals surface area contributed by atoms with E-state index in [9.17, 15) is 0 Å². The Bertz CT molecular complexity index is 640. The lowest BCUT2D eigenvalue weighted by Gasteiger charge is -2.19. The van der Waals surface area contributed by atoms with E-state index in [1.807, 2.05) is 0 Å². The third-order valence-corrected chi connectivity index (χ3v) is 7.24. The average Bonchev–Trinajstić information content (AvgIpc) is 2.73. The summed E-state index contributed by atoms with van der Waals surface area (Å²) in [5.41, 5.74) is 1.45. The van der Waals surface area contributed by atoms with Crippen molar-refractivity contribution in [3.8, 4) is 11.8 Å². The summed E-state index contributed by atoms with van der Waals surface area (Å²) >= 11 is 4.25. The predicted molar refractivity (Wildman–Crippen MR) is 122 cm³/mol. The molecule has 0 unspecified atom stereocenters. The molecule has 1 heterocycles. The fourth-order valence-electron chi connectivity index (χ4n) is 2.61.